The number of halogens is 1. The molecule has 112 valence electrons. The number of benzene rings is 1. The second-order valence-corrected chi connectivity index (χ2v) is 5.37. The van der Waals surface area contributed by atoms with Gasteiger partial charge in [-0.15, -0.1) is 0 Å². The first kappa shape index (κ1) is 16.8. The van der Waals surface area contributed by atoms with Gasteiger partial charge in [0.05, 0.1) is 16.6 Å². The molecule has 0 bridgehead atoms. The summed E-state index contributed by atoms with van der Waals surface area (Å²) < 4.78 is 0. The predicted octanol–water partition coefficient (Wildman–Crippen LogP) is 2.27. The molecule has 0 fully saturated rings. The van der Waals surface area contributed by atoms with Crippen LogP contribution in [-0.4, -0.2) is 33.1 Å². The molecule has 0 saturated carbocycles. The fourth-order valence-electron chi connectivity index (χ4n) is 2.08. The van der Waals surface area contributed by atoms with Gasteiger partial charge in [0.1, 0.15) is 0 Å². The Labute approximate surface area is 126 Å². The highest BCUT2D eigenvalue weighted by molar-refractivity contribution is 6.33. The van der Waals surface area contributed by atoms with Gasteiger partial charge >= 0.3 is 0 Å². The van der Waals surface area contributed by atoms with Crippen molar-refractivity contribution in [3.8, 4) is 0 Å². The monoisotopic (exact) mass is 297 g/mol. The van der Waals surface area contributed by atoms with Gasteiger partial charge in [-0.3, -0.25) is 4.79 Å². The molecular formula is C15H24ClN3O. The number of anilines is 1. The summed E-state index contributed by atoms with van der Waals surface area (Å²) in [5.41, 5.74) is 2.11. The highest BCUT2D eigenvalue weighted by Gasteiger charge is 2.15. The summed E-state index contributed by atoms with van der Waals surface area (Å²) in [6, 6.07) is 6.04. The predicted molar refractivity (Wildman–Crippen MR) is 85.3 cm³/mol. The average molecular weight is 298 g/mol. The number of hydrogen-bond acceptors (Lipinski definition) is 3. The van der Waals surface area contributed by atoms with Gasteiger partial charge in [-0.25, -0.2) is 0 Å². The molecule has 0 aromatic heterocycles. The van der Waals surface area contributed by atoms with Crippen LogP contribution in [0.3, 0.4) is 0 Å². The molecule has 1 rings (SSSR count). The van der Waals surface area contributed by atoms with Crippen LogP contribution in [0.15, 0.2) is 18.2 Å². The Morgan fingerprint density at radius 2 is 2.15 bits per heavy atom. The van der Waals surface area contributed by atoms with E-state index in [9.17, 15) is 4.79 Å². The summed E-state index contributed by atoms with van der Waals surface area (Å²) >= 11 is 6.33. The summed E-state index contributed by atoms with van der Waals surface area (Å²) in [7, 11) is 3.60. The Balaban J connectivity index is 2.73. The van der Waals surface area contributed by atoms with Crippen molar-refractivity contribution < 1.29 is 4.79 Å². The molecule has 5 heteroatoms. The standard InChI is InChI=1S/C15H24ClN3O/c1-5-18-9-12-6-7-14(13(16)8-12)19(4)10-11(2)15(20)17-3/h6-8,11,18H,5,9-10H2,1-4H3,(H,17,20). The van der Waals surface area contributed by atoms with Crippen LogP contribution in [0.5, 0.6) is 0 Å². The Morgan fingerprint density at radius 3 is 2.70 bits per heavy atom. The van der Waals surface area contributed by atoms with Crippen LogP contribution in [0, 0.1) is 5.92 Å². The maximum absolute atomic E-state index is 11.6. The van der Waals surface area contributed by atoms with Gasteiger partial charge in [0.2, 0.25) is 5.91 Å². The normalized spacial score (nSPS) is 12.1. The molecule has 2 N–H and O–H groups in total. The first-order chi connectivity index (χ1) is 9.49. The minimum Gasteiger partial charge on any atom is -0.373 e. The van der Waals surface area contributed by atoms with E-state index in [4.69, 9.17) is 11.6 Å². The lowest BCUT2D eigenvalue weighted by Crippen LogP contribution is -2.34. The lowest BCUT2D eigenvalue weighted by atomic mass is 10.1. The quantitative estimate of drug-likeness (QED) is 0.811. The van der Waals surface area contributed by atoms with Crippen LogP contribution in [0.4, 0.5) is 5.69 Å². The van der Waals surface area contributed by atoms with Gasteiger partial charge < -0.3 is 15.5 Å². The van der Waals surface area contributed by atoms with Gasteiger partial charge in [-0.1, -0.05) is 31.5 Å². The molecule has 0 aliphatic carbocycles. The largest absolute Gasteiger partial charge is 0.373 e. The van der Waals surface area contributed by atoms with Crippen LogP contribution >= 0.6 is 11.6 Å². The van der Waals surface area contributed by atoms with Crippen molar-refractivity contribution in [2.45, 2.75) is 20.4 Å². The van der Waals surface area contributed by atoms with Crippen molar-refractivity contribution in [3.05, 3.63) is 28.8 Å². The van der Waals surface area contributed by atoms with E-state index in [-0.39, 0.29) is 11.8 Å². The summed E-state index contributed by atoms with van der Waals surface area (Å²) in [6.45, 7) is 6.36. The van der Waals surface area contributed by atoms with Gasteiger partial charge in [0, 0.05) is 27.2 Å². The van der Waals surface area contributed by atoms with Gasteiger partial charge in [-0.05, 0) is 24.2 Å². The van der Waals surface area contributed by atoms with E-state index in [1.165, 1.54) is 0 Å². The molecule has 0 aliphatic rings. The zero-order valence-electron chi connectivity index (χ0n) is 12.7. The molecule has 1 amide bonds. The van der Waals surface area contributed by atoms with Gasteiger partial charge in [0.25, 0.3) is 0 Å². The minimum absolute atomic E-state index is 0.0386. The van der Waals surface area contributed by atoms with Crippen molar-refractivity contribution in [1.82, 2.24) is 10.6 Å². The smallest absolute Gasteiger partial charge is 0.224 e. The molecule has 1 aromatic rings. The maximum atomic E-state index is 11.6. The number of carbonyl (C=O) groups excluding carboxylic acids is 1. The topological polar surface area (TPSA) is 44.4 Å². The highest BCUT2D eigenvalue weighted by atomic mass is 35.5. The highest BCUT2D eigenvalue weighted by Crippen LogP contribution is 2.26. The summed E-state index contributed by atoms with van der Waals surface area (Å²) in [4.78, 5) is 13.6. The molecule has 0 aliphatic heterocycles. The molecule has 1 unspecified atom stereocenters. The maximum Gasteiger partial charge on any atom is 0.224 e. The third-order valence-corrected chi connectivity index (χ3v) is 3.55. The van der Waals surface area contributed by atoms with Crippen LogP contribution in [0.2, 0.25) is 5.02 Å². The third kappa shape index (κ3) is 4.69. The lowest BCUT2D eigenvalue weighted by Gasteiger charge is -2.24. The summed E-state index contributed by atoms with van der Waals surface area (Å²) in [6.07, 6.45) is 0. The Kier molecular flexibility index (Phi) is 6.82. The average Bonchev–Trinajstić information content (AvgIpc) is 2.43. The van der Waals surface area contributed by atoms with Crippen LogP contribution in [-0.2, 0) is 11.3 Å². The number of amides is 1. The third-order valence-electron chi connectivity index (χ3n) is 3.24. The number of hydrogen-bond donors (Lipinski definition) is 2. The van der Waals surface area contributed by atoms with Crippen molar-refractivity contribution in [1.29, 1.82) is 0 Å². The number of rotatable bonds is 7. The van der Waals surface area contributed by atoms with Crippen LogP contribution < -0.4 is 15.5 Å². The van der Waals surface area contributed by atoms with Crippen molar-refractivity contribution in [3.63, 3.8) is 0 Å². The van der Waals surface area contributed by atoms with Gasteiger partial charge in [0.15, 0.2) is 0 Å². The number of carbonyl (C=O) groups is 1. The molecule has 4 nitrogen and oxygen atoms in total. The van der Waals surface area contributed by atoms with E-state index >= 15 is 0 Å². The first-order valence-electron chi connectivity index (χ1n) is 6.91. The van der Waals surface area contributed by atoms with E-state index in [1.54, 1.807) is 7.05 Å². The Morgan fingerprint density at radius 1 is 1.45 bits per heavy atom. The molecular weight excluding hydrogens is 274 g/mol. The first-order valence-corrected chi connectivity index (χ1v) is 7.29. The molecule has 20 heavy (non-hydrogen) atoms. The number of nitrogens with one attached hydrogen (secondary N) is 2. The molecule has 1 aromatic carbocycles. The van der Waals surface area contributed by atoms with Crippen molar-refractivity contribution in [2.75, 3.05) is 32.1 Å². The van der Waals surface area contributed by atoms with E-state index in [2.05, 4.69) is 23.6 Å². The van der Waals surface area contributed by atoms with Gasteiger partial charge in [-0.2, -0.15) is 0 Å². The lowest BCUT2D eigenvalue weighted by molar-refractivity contribution is -0.123. The molecule has 0 spiro atoms. The zero-order valence-corrected chi connectivity index (χ0v) is 13.4. The van der Waals surface area contributed by atoms with Crippen LogP contribution in [0.1, 0.15) is 19.4 Å². The second kappa shape index (κ2) is 8.12. The Bertz CT molecular complexity index is 451. The fourth-order valence-corrected chi connectivity index (χ4v) is 2.43. The fraction of sp³-hybridized carbons (Fsp3) is 0.533. The molecule has 1 atom stereocenters. The molecule has 0 heterocycles. The van der Waals surface area contributed by atoms with Crippen LogP contribution in [0.25, 0.3) is 0 Å². The molecule has 0 saturated heterocycles. The zero-order chi connectivity index (χ0) is 15.1. The second-order valence-electron chi connectivity index (χ2n) is 4.96. The SMILES string of the molecule is CCNCc1ccc(N(C)CC(C)C(=O)NC)c(Cl)c1. The Hall–Kier alpha value is -1.26. The van der Waals surface area contributed by atoms with Crippen molar-refractivity contribution >= 4 is 23.2 Å². The summed E-state index contributed by atoms with van der Waals surface area (Å²) in [5, 5.41) is 6.65. The van der Waals surface area contributed by atoms with E-state index < -0.39 is 0 Å². The van der Waals surface area contributed by atoms with E-state index in [0.717, 1.165) is 24.3 Å². The van der Waals surface area contributed by atoms with Crippen molar-refractivity contribution in [2.24, 2.45) is 5.92 Å². The number of nitrogens with zero attached hydrogens (tertiary/aromatic N) is 1. The summed E-state index contributed by atoms with van der Waals surface area (Å²) in [5.74, 6) is -0.0424. The van der Waals surface area contributed by atoms with E-state index in [1.807, 2.05) is 31.0 Å². The minimum atomic E-state index is -0.0810. The van der Waals surface area contributed by atoms with E-state index in [0.29, 0.717) is 11.6 Å². The molecule has 0 radical (unpaired) electrons.